The molecule has 5 nitrogen and oxygen atoms in total. The van der Waals surface area contributed by atoms with Crippen LogP contribution < -0.4 is 11.0 Å². The van der Waals surface area contributed by atoms with E-state index in [4.69, 9.17) is 0 Å². The zero-order valence-corrected chi connectivity index (χ0v) is 15.0. The smallest absolute Gasteiger partial charge is 0.271 e. The maximum atomic E-state index is 13.3. The van der Waals surface area contributed by atoms with E-state index >= 15 is 0 Å². The normalized spacial score (nSPS) is 11.3. The first-order chi connectivity index (χ1) is 12.5. The van der Waals surface area contributed by atoms with Gasteiger partial charge in [0.05, 0.1) is 11.2 Å². The van der Waals surface area contributed by atoms with Gasteiger partial charge in [-0.2, -0.15) is 0 Å². The third-order valence-electron chi connectivity index (χ3n) is 4.80. The van der Waals surface area contributed by atoms with E-state index in [1.807, 2.05) is 67.9 Å². The van der Waals surface area contributed by atoms with E-state index in [0.29, 0.717) is 23.3 Å². The highest BCUT2D eigenvalue weighted by Crippen LogP contribution is 2.17. The average Bonchev–Trinajstić information content (AvgIpc) is 2.66. The first-order valence-corrected chi connectivity index (χ1v) is 8.63. The van der Waals surface area contributed by atoms with Crippen molar-refractivity contribution >= 4 is 21.9 Å². The van der Waals surface area contributed by atoms with Crippen LogP contribution >= 0.6 is 0 Å². The molecular weight excluding hydrogens is 326 g/mol. The molecule has 26 heavy (non-hydrogen) atoms. The highest BCUT2D eigenvalue weighted by Gasteiger charge is 2.18. The topological polar surface area (TPSA) is 56.9 Å². The molecule has 2 aromatic heterocycles. The fourth-order valence-corrected chi connectivity index (χ4v) is 3.40. The van der Waals surface area contributed by atoms with Gasteiger partial charge < -0.3 is 4.57 Å². The minimum absolute atomic E-state index is 0.129. The van der Waals surface area contributed by atoms with Crippen molar-refractivity contribution in [2.45, 2.75) is 20.3 Å². The molecule has 0 saturated heterocycles. The van der Waals surface area contributed by atoms with Gasteiger partial charge in [-0.1, -0.05) is 36.8 Å². The van der Waals surface area contributed by atoms with Crippen LogP contribution in [0.3, 0.4) is 0 Å². The van der Waals surface area contributed by atoms with Gasteiger partial charge in [0, 0.05) is 18.9 Å². The van der Waals surface area contributed by atoms with Crippen LogP contribution in [0.5, 0.6) is 0 Å². The molecule has 0 N–H and O–H groups in total. The van der Waals surface area contributed by atoms with Gasteiger partial charge in [0.15, 0.2) is 5.65 Å². The summed E-state index contributed by atoms with van der Waals surface area (Å²) >= 11 is 0. The van der Waals surface area contributed by atoms with Crippen molar-refractivity contribution in [1.29, 1.82) is 0 Å². The monoisotopic (exact) mass is 345 g/mol. The molecule has 0 atom stereocenters. The van der Waals surface area contributed by atoms with Crippen LogP contribution in [-0.2, 0) is 13.5 Å². The summed E-state index contributed by atoms with van der Waals surface area (Å²) in [6.45, 7) is 3.95. The van der Waals surface area contributed by atoms with Crippen molar-refractivity contribution in [3.8, 4) is 5.69 Å². The lowest BCUT2D eigenvalue weighted by Gasteiger charge is -2.15. The van der Waals surface area contributed by atoms with Gasteiger partial charge in [-0.25, -0.2) is 4.98 Å². The number of hydrogen-bond donors (Lipinski definition) is 0. The molecule has 0 aliphatic heterocycles. The average molecular weight is 345 g/mol. The van der Waals surface area contributed by atoms with Crippen LogP contribution in [0, 0.1) is 6.92 Å². The van der Waals surface area contributed by atoms with Gasteiger partial charge in [-0.3, -0.25) is 14.2 Å². The van der Waals surface area contributed by atoms with Crippen molar-refractivity contribution in [2.24, 2.45) is 7.05 Å². The molecule has 130 valence electrons. The number of pyridine rings is 1. The molecular formula is C21H19N3O2. The molecule has 0 unspecified atom stereocenters. The summed E-state index contributed by atoms with van der Waals surface area (Å²) < 4.78 is 3.38. The summed E-state index contributed by atoms with van der Waals surface area (Å²) in [5.74, 6) is 0.636. The second-order valence-corrected chi connectivity index (χ2v) is 6.46. The minimum atomic E-state index is -0.318. The SMILES string of the molecule is CCc1nc2c(c(=O)c3ccccc3n2C)c(=O)n1-c1ccc(C)cc1. The molecule has 0 saturated carbocycles. The lowest BCUT2D eigenvalue weighted by Crippen LogP contribution is -2.29. The van der Waals surface area contributed by atoms with Gasteiger partial charge >= 0.3 is 0 Å². The van der Waals surface area contributed by atoms with Crippen LogP contribution in [0.1, 0.15) is 18.3 Å². The summed E-state index contributed by atoms with van der Waals surface area (Å²) in [4.78, 5) is 31.0. The van der Waals surface area contributed by atoms with Gasteiger partial charge in [0.25, 0.3) is 5.56 Å². The lowest BCUT2D eigenvalue weighted by atomic mass is 10.1. The van der Waals surface area contributed by atoms with Gasteiger partial charge in [-0.05, 0) is 31.2 Å². The van der Waals surface area contributed by atoms with Crippen LogP contribution in [0.4, 0.5) is 0 Å². The minimum Gasteiger partial charge on any atom is -0.328 e. The fraction of sp³-hybridized carbons (Fsp3) is 0.190. The van der Waals surface area contributed by atoms with Gasteiger partial charge in [-0.15, -0.1) is 0 Å². The van der Waals surface area contributed by atoms with E-state index in [1.165, 1.54) is 0 Å². The van der Waals surface area contributed by atoms with E-state index in [0.717, 1.165) is 16.8 Å². The Bertz CT molecular complexity index is 1270. The van der Waals surface area contributed by atoms with Crippen LogP contribution in [0.2, 0.25) is 0 Å². The Balaban J connectivity index is 2.22. The van der Waals surface area contributed by atoms with Crippen LogP contribution in [0.15, 0.2) is 58.1 Å². The number of benzene rings is 2. The Labute approximate surface area is 150 Å². The molecule has 2 aromatic carbocycles. The second kappa shape index (κ2) is 5.95. The zero-order valence-electron chi connectivity index (χ0n) is 15.0. The van der Waals surface area contributed by atoms with Crippen molar-refractivity contribution in [3.63, 3.8) is 0 Å². The number of rotatable bonds is 2. The number of para-hydroxylation sites is 1. The van der Waals surface area contributed by atoms with Crippen molar-refractivity contribution in [1.82, 2.24) is 14.1 Å². The first-order valence-electron chi connectivity index (χ1n) is 8.63. The van der Waals surface area contributed by atoms with Crippen LogP contribution in [-0.4, -0.2) is 14.1 Å². The molecule has 0 aliphatic carbocycles. The molecule has 4 rings (SSSR count). The summed E-state index contributed by atoms with van der Waals surface area (Å²) in [7, 11) is 1.84. The zero-order chi connectivity index (χ0) is 18.4. The van der Waals surface area contributed by atoms with E-state index in [-0.39, 0.29) is 16.4 Å². The molecule has 4 aromatic rings. The molecule has 0 fully saturated rings. The van der Waals surface area contributed by atoms with Crippen molar-refractivity contribution in [3.05, 3.63) is 80.5 Å². The molecule has 0 radical (unpaired) electrons. The molecule has 0 aliphatic rings. The highest BCUT2D eigenvalue weighted by atomic mass is 16.1. The Hall–Kier alpha value is -3.21. The van der Waals surface area contributed by atoms with Gasteiger partial charge in [0.2, 0.25) is 5.43 Å². The predicted octanol–water partition coefficient (Wildman–Crippen LogP) is 3.11. The highest BCUT2D eigenvalue weighted by molar-refractivity contribution is 5.91. The lowest BCUT2D eigenvalue weighted by molar-refractivity contribution is 0.816. The maximum absolute atomic E-state index is 13.3. The standard InChI is InChI=1S/C21H19N3O2/c1-4-17-22-20-18(19(25)15-7-5-6-8-16(15)23(20)3)21(26)24(17)14-11-9-13(2)10-12-14/h5-12H,4H2,1-3H3. The molecule has 0 amide bonds. The quantitative estimate of drug-likeness (QED) is 0.525. The summed E-state index contributed by atoms with van der Waals surface area (Å²) in [5, 5.41) is 0.657. The number of hydrogen-bond acceptors (Lipinski definition) is 3. The van der Waals surface area contributed by atoms with E-state index in [1.54, 1.807) is 10.6 Å². The third-order valence-corrected chi connectivity index (χ3v) is 4.80. The number of aryl methyl sites for hydroxylation is 3. The fourth-order valence-electron chi connectivity index (χ4n) is 3.40. The Morgan fingerprint density at radius 3 is 2.38 bits per heavy atom. The number of fused-ring (bicyclic) bond motifs is 2. The third kappa shape index (κ3) is 2.28. The van der Waals surface area contributed by atoms with Crippen molar-refractivity contribution in [2.75, 3.05) is 0 Å². The van der Waals surface area contributed by atoms with E-state index < -0.39 is 0 Å². The van der Waals surface area contributed by atoms with E-state index in [9.17, 15) is 9.59 Å². The Kier molecular flexibility index (Phi) is 3.72. The maximum Gasteiger partial charge on any atom is 0.271 e. The molecule has 0 spiro atoms. The predicted molar refractivity (Wildman–Crippen MR) is 104 cm³/mol. The summed E-state index contributed by atoms with van der Waals surface area (Å²) in [6.07, 6.45) is 0.583. The molecule has 5 heteroatoms. The van der Waals surface area contributed by atoms with E-state index in [2.05, 4.69) is 4.98 Å². The summed E-state index contributed by atoms with van der Waals surface area (Å²) in [6, 6.07) is 15.0. The first kappa shape index (κ1) is 16.3. The largest absolute Gasteiger partial charge is 0.328 e. The summed E-state index contributed by atoms with van der Waals surface area (Å²) in [5.41, 5.74) is 2.44. The number of aromatic nitrogens is 3. The second-order valence-electron chi connectivity index (χ2n) is 6.46. The molecule has 0 bridgehead atoms. The van der Waals surface area contributed by atoms with Gasteiger partial charge in [0.1, 0.15) is 11.2 Å². The van der Waals surface area contributed by atoms with Crippen molar-refractivity contribution < 1.29 is 0 Å². The van der Waals surface area contributed by atoms with Crippen LogP contribution in [0.25, 0.3) is 27.6 Å². The molecule has 2 heterocycles. The number of nitrogens with zero attached hydrogens (tertiary/aromatic N) is 3. The Morgan fingerprint density at radius 1 is 1.00 bits per heavy atom. The Morgan fingerprint density at radius 2 is 1.69 bits per heavy atom.